The molecule has 5 heteroatoms. The molecular weight excluding hydrogens is 234 g/mol. The third-order valence-corrected chi connectivity index (χ3v) is 2.09. The maximum atomic E-state index is 11.2. The molecule has 0 bridgehead atoms. The first-order valence-electron chi connectivity index (χ1n) is 5.54. The Labute approximate surface area is 105 Å². The number of carbonyl (C=O) groups excluding carboxylic acids is 2. The molecule has 0 saturated carbocycles. The second-order valence-corrected chi connectivity index (χ2v) is 3.37. The smallest absolute Gasteiger partial charge is 0.339 e. The van der Waals surface area contributed by atoms with Crippen molar-refractivity contribution in [3.63, 3.8) is 0 Å². The molecule has 1 aromatic heterocycles. The van der Waals surface area contributed by atoms with Crippen molar-refractivity contribution in [1.82, 2.24) is 4.98 Å². The quantitative estimate of drug-likeness (QED) is 0.745. The molecule has 0 aliphatic rings. The van der Waals surface area contributed by atoms with Crippen molar-refractivity contribution in [3.8, 4) is 0 Å². The van der Waals surface area contributed by atoms with E-state index in [1.807, 2.05) is 0 Å². The number of hydrogen-bond acceptors (Lipinski definition) is 5. The van der Waals surface area contributed by atoms with Crippen molar-refractivity contribution >= 4 is 18.0 Å². The van der Waals surface area contributed by atoms with Gasteiger partial charge in [-0.2, -0.15) is 0 Å². The van der Waals surface area contributed by atoms with Gasteiger partial charge in [0.1, 0.15) is 0 Å². The topological polar surface area (TPSA) is 65.5 Å². The lowest BCUT2D eigenvalue weighted by Crippen LogP contribution is -2.02. The molecule has 0 amide bonds. The molecular formula is C13H15NO4. The maximum absolute atomic E-state index is 11.2. The van der Waals surface area contributed by atoms with Crippen molar-refractivity contribution in [2.24, 2.45) is 0 Å². The van der Waals surface area contributed by atoms with Crippen LogP contribution < -0.4 is 0 Å². The summed E-state index contributed by atoms with van der Waals surface area (Å²) in [6.07, 6.45) is 4.99. The number of aromatic nitrogens is 1. The molecule has 0 spiro atoms. The van der Waals surface area contributed by atoms with Crippen LogP contribution in [-0.2, 0) is 14.3 Å². The summed E-state index contributed by atoms with van der Waals surface area (Å²) >= 11 is 0. The van der Waals surface area contributed by atoms with E-state index in [-0.39, 0.29) is 12.4 Å². The van der Waals surface area contributed by atoms with Crippen LogP contribution in [0.15, 0.2) is 24.4 Å². The fourth-order valence-corrected chi connectivity index (χ4v) is 1.24. The van der Waals surface area contributed by atoms with Crippen LogP contribution in [0.25, 0.3) is 6.08 Å². The zero-order valence-electron chi connectivity index (χ0n) is 10.4. The van der Waals surface area contributed by atoms with E-state index in [1.54, 1.807) is 31.2 Å². The number of rotatable bonds is 5. The van der Waals surface area contributed by atoms with Gasteiger partial charge in [-0.1, -0.05) is 6.08 Å². The van der Waals surface area contributed by atoms with Crippen LogP contribution in [0, 0.1) is 0 Å². The van der Waals surface area contributed by atoms with E-state index in [2.05, 4.69) is 9.72 Å². The monoisotopic (exact) mass is 249 g/mol. The maximum Gasteiger partial charge on any atom is 0.339 e. The molecule has 1 heterocycles. The first-order valence-corrected chi connectivity index (χ1v) is 5.54. The molecule has 0 aromatic carbocycles. The molecule has 0 aliphatic heterocycles. The zero-order valence-corrected chi connectivity index (χ0v) is 10.4. The van der Waals surface area contributed by atoms with E-state index in [0.29, 0.717) is 17.9 Å². The van der Waals surface area contributed by atoms with Crippen molar-refractivity contribution in [2.75, 3.05) is 13.7 Å². The predicted octanol–water partition coefficient (Wildman–Crippen LogP) is 1.83. The van der Waals surface area contributed by atoms with Gasteiger partial charge in [-0.15, -0.1) is 0 Å². The van der Waals surface area contributed by atoms with Crippen LogP contribution in [0.1, 0.15) is 29.4 Å². The van der Waals surface area contributed by atoms with Gasteiger partial charge < -0.3 is 9.47 Å². The zero-order chi connectivity index (χ0) is 13.4. The normalized spacial score (nSPS) is 10.3. The lowest BCUT2D eigenvalue weighted by Gasteiger charge is -1.99. The van der Waals surface area contributed by atoms with Crippen molar-refractivity contribution in [2.45, 2.75) is 13.3 Å². The number of pyridine rings is 1. The number of hydrogen-bond donors (Lipinski definition) is 0. The third kappa shape index (κ3) is 4.37. The Kier molecular flexibility index (Phi) is 5.57. The Morgan fingerprint density at radius 1 is 1.39 bits per heavy atom. The predicted molar refractivity (Wildman–Crippen MR) is 65.9 cm³/mol. The van der Waals surface area contributed by atoms with E-state index in [0.717, 1.165) is 0 Å². The van der Waals surface area contributed by atoms with Gasteiger partial charge in [0.15, 0.2) is 0 Å². The Hall–Kier alpha value is -2.17. The highest BCUT2D eigenvalue weighted by atomic mass is 16.5. The van der Waals surface area contributed by atoms with Gasteiger partial charge in [-0.3, -0.25) is 9.78 Å². The molecule has 96 valence electrons. The summed E-state index contributed by atoms with van der Waals surface area (Å²) in [6.45, 7) is 2.13. The van der Waals surface area contributed by atoms with Gasteiger partial charge in [-0.25, -0.2) is 4.79 Å². The van der Waals surface area contributed by atoms with Crippen LogP contribution in [0.4, 0.5) is 0 Å². The Morgan fingerprint density at radius 3 is 2.72 bits per heavy atom. The molecule has 1 rings (SSSR count). The van der Waals surface area contributed by atoms with Crippen LogP contribution in [-0.4, -0.2) is 30.6 Å². The van der Waals surface area contributed by atoms with Gasteiger partial charge in [-0.05, 0) is 25.1 Å². The number of carbonyl (C=O) groups is 2. The molecule has 0 aliphatic carbocycles. The van der Waals surface area contributed by atoms with Crippen LogP contribution in [0.3, 0.4) is 0 Å². The highest BCUT2D eigenvalue weighted by molar-refractivity contribution is 5.89. The Balaban J connectivity index is 2.56. The minimum Gasteiger partial charge on any atom is -0.466 e. The van der Waals surface area contributed by atoms with Crippen LogP contribution >= 0.6 is 0 Å². The van der Waals surface area contributed by atoms with Gasteiger partial charge in [0, 0.05) is 6.20 Å². The fraction of sp³-hybridized carbons (Fsp3) is 0.308. The molecule has 18 heavy (non-hydrogen) atoms. The minimum absolute atomic E-state index is 0.203. The van der Waals surface area contributed by atoms with E-state index in [9.17, 15) is 9.59 Å². The SMILES string of the molecule is CCOC(=O)CC=Cc1ccc(C(=O)OC)cn1. The number of nitrogens with zero attached hydrogens (tertiary/aromatic N) is 1. The highest BCUT2D eigenvalue weighted by Crippen LogP contribution is 2.04. The third-order valence-electron chi connectivity index (χ3n) is 2.09. The van der Waals surface area contributed by atoms with Crippen molar-refractivity contribution < 1.29 is 19.1 Å². The van der Waals surface area contributed by atoms with E-state index in [4.69, 9.17) is 4.74 Å². The summed E-state index contributed by atoms with van der Waals surface area (Å²) in [5.41, 5.74) is 1.05. The summed E-state index contributed by atoms with van der Waals surface area (Å²) in [5, 5.41) is 0. The number of methoxy groups -OCH3 is 1. The summed E-state index contributed by atoms with van der Waals surface area (Å²) in [5.74, 6) is -0.704. The summed E-state index contributed by atoms with van der Waals surface area (Å²) in [7, 11) is 1.31. The second-order valence-electron chi connectivity index (χ2n) is 3.37. The minimum atomic E-state index is -0.426. The summed E-state index contributed by atoms with van der Waals surface area (Å²) in [6, 6.07) is 3.29. The molecule has 5 nitrogen and oxygen atoms in total. The average Bonchev–Trinajstić information content (AvgIpc) is 2.39. The van der Waals surface area contributed by atoms with E-state index >= 15 is 0 Å². The Morgan fingerprint density at radius 2 is 2.17 bits per heavy atom. The summed E-state index contributed by atoms with van der Waals surface area (Å²) in [4.78, 5) is 26.3. The number of ether oxygens (including phenoxy) is 2. The molecule has 1 aromatic rings. The molecule has 0 fully saturated rings. The van der Waals surface area contributed by atoms with E-state index < -0.39 is 5.97 Å². The average molecular weight is 249 g/mol. The van der Waals surface area contributed by atoms with Crippen LogP contribution in [0.2, 0.25) is 0 Å². The first-order chi connectivity index (χ1) is 8.67. The molecule has 0 saturated heterocycles. The largest absolute Gasteiger partial charge is 0.466 e. The van der Waals surface area contributed by atoms with Crippen LogP contribution in [0.5, 0.6) is 0 Å². The summed E-state index contributed by atoms with van der Waals surface area (Å²) < 4.78 is 9.33. The van der Waals surface area contributed by atoms with Gasteiger partial charge in [0.2, 0.25) is 0 Å². The Bertz CT molecular complexity index is 437. The van der Waals surface area contributed by atoms with Gasteiger partial charge in [0.05, 0.1) is 31.4 Å². The van der Waals surface area contributed by atoms with Gasteiger partial charge >= 0.3 is 11.9 Å². The molecule has 0 N–H and O–H groups in total. The molecule has 0 atom stereocenters. The lowest BCUT2D eigenvalue weighted by molar-refractivity contribution is -0.142. The number of esters is 2. The second kappa shape index (κ2) is 7.21. The first kappa shape index (κ1) is 13.9. The lowest BCUT2D eigenvalue weighted by atomic mass is 10.2. The molecule has 0 radical (unpaired) electrons. The van der Waals surface area contributed by atoms with Crippen molar-refractivity contribution in [3.05, 3.63) is 35.7 Å². The van der Waals surface area contributed by atoms with E-state index in [1.165, 1.54) is 13.3 Å². The van der Waals surface area contributed by atoms with Crippen molar-refractivity contribution in [1.29, 1.82) is 0 Å². The highest BCUT2D eigenvalue weighted by Gasteiger charge is 2.04. The van der Waals surface area contributed by atoms with Gasteiger partial charge in [0.25, 0.3) is 0 Å². The standard InChI is InChI=1S/C13H15NO4/c1-3-18-12(15)6-4-5-11-8-7-10(9-14-11)13(16)17-2/h4-5,7-9H,3,6H2,1-2H3. The fourth-order valence-electron chi connectivity index (χ4n) is 1.24. The molecule has 0 unspecified atom stereocenters.